The third kappa shape index (κ3) is 5.85. The Hall–Kier alpha value is -0.323. The average molecular weight is 203 g/mol. The summed E-state index contributed by atoms with van der Waals surface area (Å²) < 4.78 is 11.0. The van der Waals surface area contributed by atoms with Crippen LogP contribution in [0.3, 0.4) is 0 Å². The lowest BCUT2D eigenvalue weighted by Crippen LogP contribution is -2.39. The van der Waals surface area contributed by atoms with Gasteiger partial charge in [0.15, 0.2) is 0 Å². The van der Waals surface area contributed by atoms with Crippen molar-refractivity contribution in [2.75, 3.05) is 6.61 Å². The lowest BCUT2D eigenvalue weighted by Gasteiger charge is -2.22. The summed E-state index contributed by atoms with van der Waals surface area (Å²) >= 11 is 0. The highest BCUT2D eigenvalue weighted by Gasteiger charge is 2.24. The molecule has 0 aromatic heterocycles. The Morgan fingerprint density at radius 1 is 1.23 bits per heavy atom. The first kappa shape index (κ1) is 12.7. The summed E-state index contributed by atoms with van der Waals surface area (Å²) in [6, 6.07) is 0. The zero-order valence-corrected chi connectivity index (χ0v) is 10.5. The van der Waals surface area contributed by atoms with Crippen molar-refractivity contribution in [3.8, 4) is 0 Å². The Labute approximate surface area is 82.3 Å². The van der Waals surface area contributed by atoms with Crippen LogP contribution < -0.4 is 5.48 Å². The van der Waals surface area contributed by atoms with E-state index in [2.05, 4.69) is 5.48 Å². The molecule has 1 N–H and O–H groups in total. The van der Waals surface area contributed by atoms with Crippen LogP contribution >= 0.6 is 0 Å². The minimum absolute atomic E-state index is 0.703. The molecule has 13 heavy (non-hydrogen) atoms. The van der Waals surface area contributed by atoms with E-state index >= 15 is 0 Å². The smallest absolute Gasteiger partial charge is 0.358 e. The van der Waals surface area contributed by atoms with Crippen LogP contribution in [0.1, 0.15) is 27.7 Å². The van der Waals surface area contributed by atoms with Crippen LogP contribution in [0.4, 0.5) is 0 Å². The van der Waals surface area contributed by atoms with Gasteiger partial charge in [-0.25, -0.2) is 0 Å². The van der Waals surface area contributed by atoms with Crippen LogP contribution in [-0.4, -0.2) is 15.2 Å². The first-order valence-electron chi connectivity index (χ1n) is 4.61. The first-order chi connectivity index (χ1) is 5.89. The zero-order chi connectivity index (χ0) is 10.5. The minimum Gasteiger partial charge on any atom is -0.394 e. The number of rotatable bonds is 5. The highest BCUT2D eigenvalue weighted by molar-refractivity contribution is 6.64. The van der Waals surface area contributed by atoms with Crippen molar-refractivity contribution >= 4 is 8.56 Å². The molecule has 0 rings (SSSR count). The van der Waals surface area contributed by atoms with E-state index < -0.39 is 8.56 Å². The van der Waals surface area contributed by atoms with Gasteiger partial charge in [-0.3, -0.25) is 10.0 Å². The Balaban J connectivity index is 3.95. The van der Waals surface area contributed by atoms with Crippen LogP contribution in [0.2, 0.25) is 13.1 Å². The van der Waals surface area contributed by atoms with E-state index in [-0.39, 0.29) is 0 Å². The van der Waals surface area contributed by atoms with Gasteiger partial charge >= 0.3 is 8.56 Å². The summed E-state index contributed by atoms with van der Waals surface area (Å²) in [6.07, 6.45) is 0. The van der Waals surface area contributed by atoms with Crippen LogP contribution in [0.5, 0.6) is 0 Å². The van der Waals surface area contributed by atoms with Gasteiger partial charge in [0.25, 0.3) is 0 Å². The molecule has 0 saturated heterocycles. The second-order valence-electron chi connectivity index (χ2n) is 3.66. The van der Waals surface area contributed by atoms with Crippen molar-refractivity contribution in [2.45, 2.75) is 40.8 Å². The van der Waals surface area contributed by atoms with E-state index in [0.717, 1.165) is 5.70 Å². The second kappa shape index (κ2) is 5.42. The molecule has 0 atom stereocenters. The Bertz CT molecular complexity index is 186. The molecule has 0 aromatic rings. The van der Waals surface area contributed by atoms with Gasteiger partial charge in [-0.05, 0) is 40.8 Å². The van der Waals surface area contributed by atoms with E-state index in [1.165, 1.54) is 5.57 Å². The Morgan fingerprint density at radius 2 is 1.77 bits per heavy atom. The van der Waals surface area contributed by atoms with Crippen LogP contribution in [0.25, 0.3) is 0 Å². The molecule has 0 aliphatic heterocycles. The number of hydrogen-bond donors (Lipinski definition) is 1. The molecule has 78 valence electrons. The zero-order valence-electron chi connectivity index (χ0n) is 9.52. The summed E-state index contributed by atoms with van der Waals surface area (Å²) in [6.45, 7) is 12.8. The molecule has 0 heterocycles. The molecule has 0 fully saturated rings. The second-order valence-corrected chi connectivity index (χ2v) is 6.95. The van der Waals surface area contributed by atoms with Crippen molar-refractivity contribution in [2.24, 2.45) is 0 Å². The summed E-state index contributed by atoms with van der Waals surface area (Å²) in [5.41, 5.74) is 5.20. The Kier molecular flexibility index (Phi) is 5.28. The van der Waals surface area contributed by atoms with Crippen molar-refractivity contribution in [3.05, 3.63) is 11.3 Å². The van der Waals surface area contributed by atoms with E-state index in [1.54, 1.807) is 0 Å². The fourth-order valence-electron chi connectivity index (χ4n) is 0.679. The SMILES string of the molecule is CCO[Si](C)(C)ONC(C)=C(C)C. The van der Waals surface area contributed by atoms with Gasteiger partial charge in [0.05, 0.1) is 0 Å². The molecule has 0 saturated carbocycles. The van der Waals surface area contributed by atoms with Crippen molar-refractivity contribution in [1.82, 2.24) is 5.48 Å². The first-order valence-corrected chi connectivity index (χ1v) is 7.42. The van der Waals surface area contributed by atoms with E-state index in [9.17, 15) is 0 Å². The van der Waals surface area contributed by atoms with Gasteiger partial charge in [-0.1, -0.05) is 5.57 Å². The number of hydrogen-bond acceptors (Lipinski definition) is 3. The highest BCUT2D eigenvalue weighted by Crippen LogP contribution is 2.06. The number of nitrogens with one attached hydrogen (secondary N) is 1. The van der Waals surface area contributed by atoms with Gasteiger partial charge in [0.1, 0.15) is 0 Å². The van der Waals surface area contributed by atoms with Gasteiger partial charge in [-0.2, -0.15) is 0 Å². The van der Waals surface area contributed by atoms with E-state index in [1.807, 2.05) is 40.8 Å². The molecule has 0 spiro atoms. The minimum atomic E-state index is -1.96. The fourth-order valence-corrected chi connectivity index (χ4v) is 1.83. The van der Waals surface area contributed by atoms with Gasteiger partial charge in [0, 0.05) is 12.3 Å². The predicted molar refractivity (Wildman–Crippen MR) is 57.4 cm³/mol. The lowest BCUT2D eigenvalue weighted by molar-refractivity contribution is 0.135. The Morgan fingerprint density at radius 3 is 2.15 bits per heavy atom. The third-order valence-corrected chi connectivity index (χ3v) is 3.27. The highest BCUT2D eigenvalue weighted by atomic mass is 28.4. The van der Waals surface area contributed by atoms with Crippen molar-refractivity contribution < 1.29 is 8.95 Å². The van der Waals surface area contributed by atoms with Crippen molar-refractivity contribution in [3.63, 3.8) is 0 Å². The lowest BCUT2D eigenvalue weighted by atomic mass is 10.3. The van der Waals surface area contributed by atoms with Crippen LogP contribution in [0, 0.1) is 0 Å². The molecule has 0 unspecified atom stereocenters. The predicted octanol–water partition coefficient (Wildman–Crippen LogP) is 2.56. The maximum Gasteiger partial charge on any atom is 0.358 e. The number of hydroxylamine groups is 1. The molecule has 0 amide bonds. The maximum atomic E-state index is 5.50. The summed E-state index contributed by atoms with van der Waals surface area (Å²) in [5.74, 6) is 0. The monoisotopic (exact) mass is 203 g/mol. The summed E-state index contributed by atoms with van der Waals surface area (Å²) in [5, 5.41) is 0. The quantitative estimate of drug-likeness (QED) is 0.550. The van der Waals surface area contributed by atoms with Crippen LogP contribution in [-0.2, 0) is 8.95 Å². The third-order valence-electron chi connectivity index (χ3n) is 1.69. The fraction of sp³-hybridized carbons (Fsp3) is 0.778. The summed E-state index contributed by atoms with van der Waals surface area (Å²) in [4.78, 5) is 0. The summed E-state index contributed by atoms with van der Waals surface area (Å²) in [7, 11) is -1.96. The molecular weight excluding hydrogens is 182 g/mol. The largest absolute Gasteiger partial charge is 0.394 e. The van der Waals surface area contributed by atoms with E-state index in [4.69, 9.17) is 8.95 Å². The van der Waals surface area contributed by atoms with Gasteiger partial charge < -0.3 is 4.43 Å². The topological polar surface area (TPSA) is 30.5 Å². The van der Waals surface area contributed by atoms with Gasteiger partial charge in [0.2, 0.25) is 0 Å². The molecule has 0 bridgehead atoms. The molecule has 0 radical (unpaired) electrons. The molecule has 0 aromatic carbocycles. The van der Waals surface area contributed by atoms with Gasteiger partial charge in [-0.15, -0.1) is 0 Å². The van der Waals surface area contributed by atoms with Crippen LogP contribution in [0.15, 0.2) is 11.3 Å². The average Bonchev–Trinajstić information content (AvgIpc) is 2.00. The molecule has 3 nitrogen and oxygen atoms in total. The molecular formula is C9H21NO2Si. The molecule has 0 aliphatic carbocycles. The normalized spacial score (nSPS) is 11.2. The number of allylic oxidation sites excluding steroid dienone is 2. The van der Waals surface area contributed by atoms with Crippen molar-refractivity contribution in [1.29, 1.82) is 0 Å². The molecule has 4 heteroatoms. The maximum absolute atomic E-state index is 5.50. The molecule has 0 aliphatic rings. The standard InChI is InChI=1S/C9H21NO2Si/c1-7-11-13(5,6)12-10-9(4)8(2)3/h10H,7H2,1-6H3. The van der Waals surface area contributed by atoms with E-state index in [0.29, 0.717) is 6.61 Å².